The molecule has 0 unspecified atom stereocenters. The van der Waals surface area contributed by atoms with Gasteiger partial charge in [0.15, 0.2) is 11.4 Å². The molecule has 12 heteroatoms. The minimum absolute atomic E-state index is 0.130. The van der Waals surface area contributed by atoms with Gasteiger partial charge in [0.1, 0.15) is 28.6 Å². The molecule has 0 bridgehead atoms. The standard InChI is InChI=1S/C34H39N3O9/c1-15-21-18(16-7-10-20(46-4)17(13-16)14-37-11-5-6-12-37)8-9-19(38)23(21)28(39)24-22(15)29(40)26-27(36(2)3)30(41)25(33(35)44)32(43)34(26,45)31(24)42/h7-10,13,15,22,26-27,29,38,40-42,45H,5-6,11-12,14H2,1-4H3,(H2,35,44)/t15-,22+,26+,27-,29-,34-/m0/s1. The number of aliphatic hydroxyl groups is 4. The van der Waals surface area contributed by atoms with Crippen molar-refractivity contribution in [2.75, 3.05) is 34.3 Å². The number of aliphatic hydroxyl groups excluding tert-OH is 3. The van der Waals surface area contributed by atoms with Gasteiger partial charge >= 0.3 is 0 Å². The van der Waals surface area contributed by atoms with Crippen LogP contribution in [0.1, 0.15) is 47.2 Å². The van der Waals surface area contributed by atoms with Gasteiger partial charge in [-0.25, -0.2) is 0 Å². The molecule has 1 saturated heterocycles. The molecule has 0 radical (unpaired) electrons. The Morgan fingerprint density at radius 2 is 1.78 bits per heavy atom. The Labute approximate surface area is 266 Å². The second-order valence-corrected chi connectivity index (χ2v) is 13.0. The zero-order valence-electron chi connectivity index (χ0n) is 26.1. The van der Waals surface area contributed by atoms with Crippen LogP contribution in [0.15, 0.2) is 53.0 Å². The first-order valence-corrected chi connectivity index (χ1v) is 15.3. The third kappa shape index (κ3) is 4.38. The molecule has 0 saturated carbocycles. The summed E-state index contributed by atoms with van der Waals surface area (Å²) in [6, 6.07) is 7.42. The number of nitrogens with zero attached hydrogens (tertiary/aromatic N) is 2. The van der Waals surface area contributed by atoms with Crippen LogP contribution in [0.3, 0.4) is 0 Å². The normalized spacial score (nSPS) is 29.6. The first-order valence-electron chi connectivity index (χ1n) is 15.3. The Bertz CT molecular complexity index is 1720. The zero-order valence-corrected chi connectivity index (χ0v) is 26.1. The minimum atomic E-state index is -2.96. The van der Waals surface area contributed by atoms with E-state index in [9.17, 15) is 39.9 Å². The van der Waals surface area contributed by atoms with Crippen molar-refractivity contribution >= 4 is 17.5 Å². The number of carbonyl (C=O) groups excluding carboxylic acids is 3. The van der Waals surface area contributed by atoms with Crippen LogP contribution in [-0.2, 0) is 16.1 Å². The molecular weight excluding hydrogens is 594 g/mol. The van der Waals surface area contributed by atoms with E-state index in [1.807, 2.05) is 18.2 Å². The SMILES string of the molecule is COc1ccc(-c2ccc(O)c3c2[C@H](C)[C@@H]2C(=C(O)[C@]4(O)C(=O)C(C(N)=O)=C(O)[C@@H](N(C)C)[C@@H]4[C@H]2O)C3=O)cc1CN1CCCC1. The van der Waals surface area contributed by atoms with Gasteiger partial charge in [0, 0.05) is 23.6 Å². The van der Waals surface area contributed by atoms with Crippen molar-refractivity contribution in [3.63, 3.8) is 0 Å². The van der Waals surface area contributed by atoms with Gasteiger partial charge in [0.05, 0.1) is 30.7 Å². The summed E-state index contributed by atoms with van der Waals surface area (Å²) in [7, 11) is 4.61. The van der Waals surface area contributed by atoms with E-state index in [0.717, 1.165) is 37.1 Å². The van der Waals surface area contributed by atoms with Gasteiger partial charge in [0.2, 0.25) is 5.78 Å². The number of hydrogen-bond acceptors (Lipinski definition) is 11. The molecule has 2 aromatic carbocycles. The smallest absolute Gasteiger partial charge is 0.255 e. The highest BCUT2D eigenvalue weighted by Crippen LogP contribution is 2.56. The number of rotatable bonds is 6. The fourth-order valence-corrected chi connectivity index (χ4v) is 8.21. The number of benzene rings is 2. The third-order valence-electron chi connectivity index (χ3n) is 10.3. The molecule has 12 nitrogen and oxygen atoms in total. The average Bonchev–Trinajstić information content (AvgIpc) is 3.52. The van der Waals surface area contributed by atoms with Gasteiger partial charge < -0.3 is 36.0 Å². The molecule has 1 aliphatic heterocycles. The summed E-state index contributed by atoms with van der Waals surface area (Å²) in [4.78, 5) is 43.9. The Balaban J connectivity index is 1.55. The summed E-state index contributed by atoms with van der Waals surface area (Å²) in [5.74, 6) is -8.57. The lowest BCUT2D eigenvalue weighted by Gasteiger charge is -2.53. The average molecular weight is 634 g/mol. The van der Waals surface area contributed by atoms with E-state index < -0.39 is 75.6 Å². The number of phenols is 1. The van der Waals surface area contributed by atoms with Crippen LogP contribution in [0.2, 0.25) is 0 Å². The maximum absolute atomic E-state index is 14.3. The van der Waals surface area contributed by atoms with Crippen molar-refractivity contribution in [2.24, 2.45) is 17.6 Å². The second-order valence-electron chi connectivity index (χ2n) is 13.0. The molecule has 4 aliphatic rings. The van der Waals surface area contributed by atoms with Gasteiger partial charge in [0.25, 0.3) is 5.91 Å². The van der Waals surface area contributed by atoms with Crippen LogP contribution in [0.25, 0.3) is 11.1 Å². The molecule has 0 spiro atoms. The van der Waals surface area contributed by atoms with E-state index in [-0.39, 0.29) is 11.3 Å². The molecule has 46 heavy (non-hydrogen) atoms. The number of aromatic hydroxyl groups is 1. The topological polar surface area (TPSA) is 194 Å². The van der Waals surface area contributed by atoms with Crippen molar-refractivity contribution in [3.8, 4) is 22.6 Å². The molecule has 6 rings (SSSR count). The molecule has 2 aromatic rings. The quantitative estimate of drug-likeness (QED) is 0.255. The molecule has 3 aliphatic carbocycles. The van der Waals surface area contributed by atoms with Gasteiger partial charge in [-0.15, -0.1) is 0 Å². The van der Waals surface area contributed by atoms with Crippen molar-refractivity contribution in [3.05, 3.63) is 69.7 Å². The molecule has 1 amide bonds. The van der Waals surface area contributed by atoms with Crippen LogP contribution in [0, 0.1) is 11.8 Å². The van der Waals surface area contributed by atoms with E-state index in [2.05, 4.69) is 4.90 Å². The second kappa shape index (κ2) is 11.2. The number of primary amides is 1. The first kappa shape index (κ1) is 31.7. The number of likely N-dealkylation sites (tertiary alicyclic amines) is 1. The Hall–Kier alpha value is -4.23. The predicted molar refractivity (Wildman–Crippen MR) is 166 cm³/mol. The van der Waals surface area contributed by atoms with Crippen molar-refractivity contribution in [2.45, 2.75) is 50.0 Å². The highest BCUT2D eigenvalue weighted by molar-refractivity contribution is 6.25. The minimum Gasteiger partial charge on any atom is -0.510 e. The Morgan fingerprint density at radius 1 is 1.11 bits per heavy atom. The highest BCUT2D eigenvalue weighted by atomic mass is 16.5. The van der Waals surface area contributed by atoms with Gasteiger partial charge in [-0.3, -0.25) is 24.2 Å². The largest absolute Gasteiger partial charge is 0.510 e. The molecular formula is C34H39N3O9. The summed E-state index contributed by atoms with van der Waals surface area (Å²) < 4.78 is 5.65. The fraction of sp³-hybridized carbons (Fsp3) is 0.441. The number of phenolic OH excluding ortho intramolecular Hbond substituents is 1. The van der Waals surface area contributed by atoms with Crippen LogP contribution < -0.4 is 10.5 Å². The number of Topliss-reactive ketones (excluding diaryl/α,β-unsaturated/α-hetero) is 2. The summed E-state index contributed by atoms with van der Waals surface area (Å²) in [5.41, 5.74) is 3.67. The van der Waals surface area contributed by atoms with Gasteiger partial charge in [-0.05, 0) is 80.8 Å². The number of ketones is 2. The lowest BCUT2D eigenvalue weighted by Crippen LogP contribution is -2.68. The first-order chi connectivity index (χ1) is 21.7. The molecule has 244 valence electrons. The van der Waals surface area contributed by atoms with E-state index in [1.165, 1.54) is 25.1 Å². The summed E-state index contributed by atoms with van der Waals surface area (Å²) >= 11 is 0. The number of ether oxygens (including phenoxy) is 1. The van der Waals surface area contributed by atoms with E-state index in [4.69, 9.17) is 10.5 Å². The summed E-state index contributed by atoms with van der Waals surface area (Å²) in [6.45, 7) is 4.34. The maximum atomic E-state index is 14.3. The number of amides is 1. The third-order valence-corrected chi connectivity index (χ3v) is 10.3. The number of fused-ring (bicyclic) bond motifs is 3. The Morgan fingerprint density at radius 3 is 2.39 bits per heavy atom. The number of methoxy groups -OCH3 is 1. The van der Waals surface area contributed by atoms with Crippen molar-refractivity contribution in [1.82, 2.24) is 9.80 Å². The van der Waals surface area contributed by atoms with Gasteiger partial charge in [-0.2, -0.15) is 0 Å². The van der Waals surface area contributed by atoms with Crippen molar-refractivity contribution in [1.29, 1.82) is 0 Å². The molecule has 6 atom stereocenters. The number of likely N-dealkylation sites (N-methyl/N-ethyl adjacent to an activating group) is 1. The lowest BCUT2D eigenvalue weighted by molar-refractivity contribution is -0.162. The van der Waals surface area contributed by atoms with E-state index in [1.54, 1.807) is 20.1 Å². The summed E-state index contributed by atoms with van der Waals surface area (Å²) in [6.07, 6.45) is 0.563. The Kier molecular flexibility index (Phi) is 7.75. The number of carbonyl (C=O) groups is 3. The van der Waals surface area contributed by atoms with E-state index in [0.29, 0.717) is 23.4 Å². The number of hydrogen-bond donors (Lipinski definition) is 6. The summed E-state index contributed by atoms with van der Waals surface area (Å²) in [5, 5.41) is 57.7. The van der Waals surface area contributed by atoms with Crippen LogP contribution in [0.4, 0.5) is 0 Å². The maximum Gasteiger partial charge on any atom is 0.255 e. The van der Waals surface area contributed by atoms with Crippen molar-refractivity contribution < 1.29 is 44.7 Å². The van der Waals surface area contributed by atoms with Gasteiger partial charge in [-0.1, -0.05) is 19.1 Å². The highest BCUT2D eigenvalue weighted by Gasteiger charge is 2.67. The monoisotopic (exact) mass is 633 g/mol. The molecule has 1 heterocycles. The molecule has 7 N–H and O–H groups in total. The van der Waals surface area contributed by atoms with Crippen LogP contribution >= 0.6 is 0 Å². The predicted octanol–water partition coefficient (Wildman–Crippen LogP) is 1.92. The van der Waals surface area contributed by atoms with Crippen LogP contribution in [-0.4, -0.2) is 105 Å². The lowest BCUT2D eigenvalue weighted by atomic mass is 9.55. The molecule has 0 aromatic heterocycles. The van der Waals surface area contributed by atoms with E-state index >= 15 is 0 Å². The van der Waals surface area contributed by atoms with Crippen LogP contribution in [0.5, 0.6) is 11.5 Å². The number of nitrogens with two attached hydrogens (primary N) is 1. The zero-order chi connectivity index (χ0) is 33.4. The fourth-order valence-electron chi connectivity index (χ4n) is 8.21. The molecule has 1 fully saturated rings.